The van der Waals surface area contributed by atoms with Gasteiger partial charge in [-0.05, 0) is 55.2 Å². The number of rotatable bonds is 7. The molecular weight excluding hydrogens is 336 g/mol. The summed E-state index contributed by atoms with van der Waals surface area (Å²) in [6, 6.07) is 6.62. The zero-order valence-electron chi connectivity index (χ0n) is 14.3. The van der Waals surface area contributed by atoms with Crippen LogP contribution in [0.5, 0.6) is 0 Å². The number of benzene rings is 1. The van der Waals surface area contributed by atoms with E-state index in [0.717, 1.165) is 24.3 Å². The van der Waals surface area contributed by atoms with Crippen molar-refractivity contribution in [2.45, 2.75) is 63.7 Å². The summed E-state index contributed by atoms with van der Waals surface area (Å²) < 4.78 is 54.0. The van der Waals surface area contributed by atoms with E-state index in [0.29, 0.717) is 5.92 Å². The molecule has 6 heteroatoms. The predicted octanol–water partition coefficient (Wildman–Crippen LogP) is 5.82. The van der Waals surface area contributed by atoms with Crippen LogP contribution in [0.25, 0.3) is 0 Å². The largest absolute Gasteiger partial charge is 0.455 e. The minimum atomic E-state index is -4.33. The molecule has 0 aromatic heterocycles. The van der Waals surface area contributed by atoms with Gasteiger partial charge < -0.3 is 4.74 Å². The molecular formula is C19H24F4O2. The maximum Gasteiger partial charge on any atom is 0.340 e. The molecule has 0 saturated heterocycles. The molecule has 0 N–H and O–H groups in total. The summed E-state index contributed by atoms with van der Waals surface area (Å²) in [4.78, 5) is 11.7. The van der Waals surface area contributed by atoms with Gasteiger partial charge >= 0.3 is 18.3 Å². The smallest absolute Gasteiger partial charge is 0.340 e. The van der Waals surface area contributed by atoms with Crippen molar-refractivity contribution in [2.75, 3.05) is 6.61 Å². The number of hydrogen-bond acceptors (Lipinski definition) is 2. The highest BCUT2D eigenvalue weighted by molar-refractivity contribution is 5.89. The third kappa shape index (κ3) is 5.44. The normalized spacial score (nSPS) is 21.4. The van der Waals surface area contributed by atoms with Crippen molar-refractivity contribution < 1.29 is 27.1 Å². The third-order valence-electron chi connectivity index (χ3n) is 4.88. The average Bonchev–Trinajstić information content (AvgIpc) is 2.61. The molecule has 0 radical (unpaired) electrons. The average molecular weight is 360 g/mol. The number of alkyl halides is 4. The van der Waals surface area contributed by atoms with E-state index >= 15 is 0 Å². The van der Waals surface area contributed by atoms with Gasteiger partial charge in [-0.1, -0.05) is 31.9 Å². The molecule has 0 atom stereocenters. The molecule has 1 aliphatic carbocycles. The topological polar surface area (TPSA) is 26.3 Å². The van der Waals surface area contributed by atoms with Crippen molar-refractivity contribution in [3.63, 3.8) is 0 Å². The first kappa shape index (κ1) is 19.7. The van der Waals surface area contributed by atoms with E-state index in [1.807, 2.05) is 0 Å². The van der Waals surface area contributed by atoms with E-state index in [1.165, 1.54) is 37.8 Å². The fourth-order valence-electron chi connectivity index (χ4n) is 3.39. The molecule has 25 heavy (non-hydrogen) atoms. The van der Waals surface area contributed by atoms with E-state index < -0.39 is 24.9 Å². The van der Waals surface area contributed by atoms with Crippen molar-refractivity contribution in [2.24, 2.45) is 5.92 Å². The van der Waals surface area contributed by atoms with Gasteiger partial charge in [0.2, 0.25) is 0 Å². The van der Waals surface area contributed by atoms with Gasteiger partial charge in [0, 0.05) is 0 Å². The Morgan fingerprint density at radius 1 is 1.16 bits per heavy atom. The van der Waals surface area contributed by atoms with Gasteiger partial charge in [0.25, 0.3) is 0 Å². The van der Waals surface area contributed by atoms with E-state index in [9.17, 15) is 22.4 Å². The van der Waals surface area contributed by atoms with E-state index in [-0.39, 0.29) is 5.56 Å². The van der Waals surface area contributed by atoms with Crippen LogP contribution in [0.4, 0.5) is 17.6 Å². The van der Waals surface area contributed by atoms with Crippen molar-refractivity contribution in [1.29, 1.82) is 0 Å². The Balaban J connectivity index is 1.88. The van der Waals surface area contributed by atoms with Gasteiger partial charge in [-0.25, -0.2) is 13.6 Å². The third-order valence-corrected chi connectivity index (χ3v) is 4.88. The Kier molecular flexibility index (Phi) is 6.85. The van der Waals surface area contributed by atoms with Crippen LogP contribution >= 0.6 is 0 Å². The summed E-state index contributed by atoms with van der Waals surface area (Å²) in [7, 11) is 0. The standard InChI is InChI=1S/C19H24F4O2/c1-2-3-13-4-6-14(7-5-13)15-8-10-16(11-9-15)17(24)25-12-19(22,23)18(20)21/h8-11,13-14,18H,2-7,12H2,1H3. The zero-order chi connectivity index (χ0) is 18.4. The molecule has 2 nitrogen and oxygen atoms in total. The van der Waals surface area contributed by atoms with Gasteiger partial charge in [0.05, 0.1) is 5.56 Å². The van der Waals surface area contributed by atoms with E-state index in [1.54, 1.807) is 12.1 Å². The highest BCUT2D eigenvalue weighted by atomic mass is 19.3. The van der Waals surface area contributed by atoms with Crippen LogP contribution in [0.2, 0.25) is 0 Å². The minimum absolute atomic E-state index is 0.0912. The maximum absolute atomic E-state index is 12.8. The molecule has 0 heterocycles. The molecule has 0 amide bonds. The highest BCUT2D eigenvalue weighted by Gasteiger charge is 2.42. The van der Waals surface area contributed by atoms with Gasteiger partial charge in [-0.3, -0.25) is 0 Å². The molecule has 0 spiro atoms. The molecule has 0 aliphatic heterocycles. The fourth-order valence-corrected chi connectivity index (χ4v) is 3.39. The first-order chi connectivity index (χ1) is 11.8. The summed E-state index contributed by atoms with van der Waals surface area (Å²) in [6.07, 6.45) is 3.23. The Hall–Kier alpha value is -1.59. The van der Waals surface area contributed by atoms with Crippen molar-refractivity contribution in [3.8, 4) is 0 Å². The zero-order valence-corrected chi connectivity index (χ0v) is 14.3. The molecule has 2 rings (SSSR count). The lowest BCUT2D eigenvalue weighted by Crippen LogP contribution is -2.33. The number of halogens is 4. The number of hydrogen-bond donors (Lipinski definition) is 0. The van der Waals surface area contributed by atoms with Crippen LogP contribution in [-0.4, -0.2) is 24.9 Å². The second-order valence-corrected chi connectivity index (χ2v) is 6.77. The number of carbonyl (C=O) groups excluding carboxylic acids is 1. The fraction of sp³-hybridized carbons (Fsp3) is 0.632. The highest BCUT2D eigenvalue weighted by Crippen LogP contribution is 2.37. The van der Waals surface area contributed by atoms with Crippen LogP contribution < -0.4 is 0 Å². The number of carbonyl (C=O) groups is 1. The summed E-state index contributed by atoms with van der Waals surface area (Å²) in [6.45, 7) is 0.577. The SMILES string of the molecule is CCCC1CCC(c2ccc(C(=O)OCC(F)(F)C(F)F)cc2)CC1. The monoisotopic (exact) mass is 360 g/mol. The van der Waals surface area contributed by atoms with Crippen molar-refractivity contribution in [3.05, 3.63) is 35.4 Å². The van der Waals surface area contributed by atoms with Crippen LogP contribution in [0, 0.1) is 5.92 Å². The van der Waals surface area contributed by atoms with Crippen LogP contribution in [-0.2, 0) is 4.74 Å². The maximum atomic E-state index is 12.8. The summed E-state index contributed by atoms with van der Waals surface area (Å²) in [5, 5.41) is 0. The molecule has 140 valence electrons. The van der Waals surface area contributed by atoms with Gasteiger partial charge in [-0.2, -0.15) is 8.78 Å². The van der Waals surface area contributed by atoms with Crippen molar-refractivity contribution in [1.82, 2.24) is 0 Å². The predicted molar refractivity (Wildman–Crippen MR) is 87.3 cm³/mol. The van der Waals surface area contributed by atoms with Crippen LogP contribution in [0.15, 0.2) is 24.3 Å². The molecule has 1 fully saturated rings. The Morgan fingerprint density at radius 2 is 1.76 bits per heavy atom. The first-order valence-corrected chi connectivity index (χ1v) is 8.76. The minimum Gasteiger partial charge on any atom is -0.455 e. The summed E-state index contributed by atoms with van der Waals surface area (Å²) in [5.41, 5.74) is 1.21. The lowest BCUT2D eigenvalue weighted by molar-refractivity contribution is -0.155. The first-order valence-electron chi connectivity index (χ1n) is 8.76. The second kappa shape index (κ2) is 8.68. The summed E-state index contributed by atoms with van der Waals surface area (Å²) >= 11 is 0. The molecule has 1 saturated carbocycles. The molecule has 0 unspecified atom stereocenters. The van der Waals surface area contributed by atoms with E-state index in [2.05, 4.69) is 11.7 Å². The van der Waals surface area contributed by atoms with Gasteiger partial charge in [0.15, 0.2) is 6.61 Å². The van der Waals surface area contributed by atoms with E-state index in [4.69, 9.17) is 0 Å². The number of esters is 1. The molecule has 0 bridgehead atoms. The van der Waals surface area contributed by atoms with Crippen LogP contribution in [0.3, 0.4) is 0 Å². The lowest BCUT2D eigenvalue weighted by atomic mass is 9.77. The Bertz CT molecular complexity index is 549. The summed E-state index contributed by atoms with van der Waals surface area (Å²) in [5.74, 6) is -4.10. The molecule has 1 aliphatic rings. The second-order valence-electron chi connectivity index (χ2n) is 6.77. The molecule has 1 aromatic rings. The van der Waals surface area contributed by atoms with Crippen LogP contribution in [0.1, 0.15) is 67.3 Å². The number of ether oxygens (including phenoxy) is 1. The van der Waals surface area contributed by atoms with Crippen molar-refractivity contribution >= 4 is 5.97 Å². The Morgan fingerprint density at radius 3 is 2.28 bits per heavy atom. The Labute approximate surface area is 145 Å². The molecule has 1 aromatic carbocycles. The lowest BCUT2D eigenvalue weighted by Gasteiger charge is -2.28. The van der Waals surface area contributed by atoms with Gasteiger partial charge in [-0.15, -0.1) is 0 Å². The van der Waals surface area contributed by atoms with Gasteiger partial charge in [0.1, 0.15) is 0 Å². The quantitative estimate of drug-likeness (QED) is 0.452.